The number of benzene rings is 7. The Morgan fingerprint density at radius 2 is 0.927 bits per heavy atom. The van der Waals surface area contributed by atoms with Gasteiger partial charge in [-0.25, -0.2) is 9.97 Å². The van der Waals surface area contributed by atoms with Crippen LogP contribution in [-0.4, -0.2) is 14.5 Å². The van der Waals surface area contributed by atoms with Crippen LogP contribution in [0.25, 0.3) is 71.7 Å². The van der Waals surface area contributed by atoms with Crippen molar-refractivity contribution in [3.05, 3.63) is 193 Å². The summed E-state index contributed by atoms with van der Waals surface area (Å²) in [5.41, 5.74) is 13.3. The molecule has 260 valence electrons. The first-order chi connectivity index (χ1) is 27.0. The summed E-state index contributed by atoms with van der Waals surface area (Å²) in [4.78, 5) is 13.2. The van der Waals surface area contributed by atoms with Crippen molar-refractivity contribution in [1.29, 1.82) is 0 Å². The van der Waals surface area contributed by atoms with E-state index < -0.39 is 0 Å². The zero-order valence-electron chi connectivity index (χ0n) is 30.6. The molecule has 7 aromatic carbocycles. The van der Waals surface area contributed by atoms with Crippen LogP contribution < -0.4 is 4.90 Å². The van der Waals surface area contributed by atoms with Crippen LogP contribution in [0.3, 0.4) is 0 Å². The largest absolute Gasteiger partial charge is 0.294 e. The molecule has 0 bridgehead atoms. The number of fused-ring (bicyclic) bond motifs is 7. The number of aromatic nitrogens is 3. The van der Waals surface area contributed by atoms with Crippen LogP contribution in [0.4, 0.5) is 17.2 Å². The molecule has 0 radical (unpaired) electrons. The van der Waals surface area contributed by atoms with E-state index in [1.54, 1.807) is 0 Å². The van der Waals surface area contributed by atoms with Gasteiger partial charge in [-0.15, -0.1) is 0 Å². The number of nitrogens with zero attached hydrogens (tertiary/aromatic N) is 4. The lowest BCUT2D eigenvalue weighted by Crippen LogP contribution is -2.31. The molecule has 0 amide bonds. The van der Waals surface area contributed by atoms with E-state index in [1.165, 1.54) is 33.0 Å². The summed E-state index contributed by atoms with van der Waals surface area (Å²) in [5.74, 6) is 1.78. The van der Waals surface area contributed by atoms with Crippen molar-refractivity contribution in [2.24, 2.45) is 0 Å². The van der Waals surface area contributed by atoms with E-state index in [0.29, 0.717) is 0 Å². The Hall–Kier alpha value is -7.04. The summed E-state index contributed by atoms with van der Waals surface area (Å²) in [6.45, 7) is 4.71. The van der Waals surface area contributed by atoms with Gasteiger partial charge in [0.05, 0.1) is 33.4 Å². The number of para-hydroxylation sites is 4. The van der Waals surface area contributed by atoms with Crippen molar-refractivity contribution < 1.29 is 0 Å². The molecule has 4 heteroatoms. The van der Waals surface area contributed by atoms with E-state index in [2.05, 4.69) is 205 Å². The average molecular weight is 705 g/mol. The maximum Gasteiger partial charge on any atom is 0.138 e. The van der Waals surface area contributed by atoms with E-state index in [0.717, 1.165) is 67.0 Å². The van der Waals surface area contributed by atoms with Crippen molar-refractivity contribution in [1.82, 2.24) is 14.5 Å². The Kier molecular flexibility index (Phi) is 6.86. The second-order valence-electron chi connectivity index (χ2n) is 15.0. The first-order valence-electron chi connectivity index (χ1n) is 18.9. The Balaban J connectivity index is 1.23. The van der Waals surface area contributed by atoms with E-state index >= 15 is 0 Å². The van der Waals surface area contributed by atoms with Gasteiger partial charge < -0.3 is 0 Å². The minimum absolute atomic E-state index is 0.277. The molecule has 3 aromatic heterocycles. The number of hydrogen-bond acceptors (Lipinski definition) is 3. The lowest BCUT2D eigenvalue weighted by molar-refractivity contribution is 0.632. The minimum atomic E-state index is -0.277. The molecule has 1 aliphatic rings. The van der Waals surface area contributed by atoms with Crippen LogP contribution in [0.1, 0.15) is 25.0 Å². The molecule has 1 aliphatic heterocycles. The Labute approximate surface area is 319 Å². The highest BCUT2D eigenvalue weighted by Crippen LogP contribution is 2.54. The van der Waals surface area contributed by atoms with Crippen LogP contribution in [0.2, 0.25) is 0 Å². The molecule has 11 rings (SSSR count). The van der Waals surface area contributed by atoms with Gasteiger partial charge in [0.15, 0.2) is 0 Å². The third-order valence-electron chi connectivity index (χ3n) is 11.6. The highest BCUT2D eigenvalue weighted by molar-refractivity contribution is 6.12. The number of rotatable bonds is 4. The van der Waals surface area contributed by atoms with Gasteiger partial charge in [0.2, 0.25) is 0 Å². The first-order valence-corrected chi connectivity index (χ1v) is 18.9. The summed E-state index contributed by atoms with van der Waals surface area (Å²) < 4.78 is 2.36. The van der Waals surface area contributed by atoms with Gasteiger partial charge >= 0.3 is 0 Å². The lowest BCUT2D eigenvalue weighted by Gasteiger charge is -2.41. The van der Waals surface area contributed by atoms with Gasteiger partial charge in [0, 0.05) is 27.0 Å². The summed E-state index contributed by atoms with van der Waals surface area (Å²) >= 11 is 0. The number of hydrogen-bond donors (Lipinski definition) is 0. The molecule has 0 unspecified atom stereocenters. The molecule has 0 spiro atoms. The monoisotopic (exact) mass is 704 g/mol. The SMILES string of the molecule is CC1(C)c2ccccc2N(c2cc(-c3ccccc3)c3ccccc3n2)c2cc3c(cc21)c1ccccc1n3-c1cc(-c2ccccc2)c2ccccc2n1. The fourth-order valence-corrected chi connectivity index (χ4v) is 8.92. The van der Waals surface area contributed by atoms with Gasteiger partial charge in [-0.1, -0.05) is 147 Å². The second-order valence-corrected chi connectivity index (χ2v) is 15.0. The molecule has 0 saturated carbocycles. The highest BCUT2D eigenvalue weighted by Gasteiger charge is 2.38. The summed E-state index contributed by atoms with van der Waals surface area (Å²) in [6.07, 6.45) is 0. The quantitative estimate of drug-likeness (QED) is 0.183. The first kappa shape index (κ1) is 31.5. The summed E-state index contributed by atoms with van der Waals surface area (Å²) in [5, 5.41) is 4.68. The van der Waals surface area contributed by atoms with Crippen molar-refractivity contribution >= 4 is 60.8 Å². The second kappa shape index (κ2) is 12.0. The molecule has 4 nitrogen and oxygen atoms in total. The Morgan fingerprint density at radius 1 is 0.400 bits per heavy atom. The number of anilines is 3. The molecule has 55 heavy (non-hydrogen) atoms. The van der Waals surface area contributed by atoms with E-state index in [9.17, 15) is 0 Å². The molecular weight excluding hydrogens is 669 g/mol. The predicted molar refractivity (Wildman–Crippen MR) is 229 cm³/mol. The summed E-state index contributed by atoms with van der Waals surface area (Å²) in [6, 6.07) is 65.2. The zero-order valence-corrected chi connectivity index (χ0v) is 30.6. The molecule has 0 fully saturated rings. The number of pyridine rings is 2. The van der Waals surface area contributed by atoms with Crippen LogP contribution in [0.15, 0.2) is 182 Å². The lowest BCUT2D eigenvalue weighted by atomic mass is 9.73. The maximum atomic E-state index is 5.42. The average Bonchev–Trinajstić information content (AvgIpc) is 3.56. The molecule has 10 aromatic rings. The summed E-state index contributed by atoms with van der Waals surface area (Å²) in [7, 11) is 0. The van der Waals surface area contributed by atoms with Crippen LogP contribution >= 0.6 is 0 Å². The zero-order chi connectivity index (χ0) is 36.7. The maximum absolute atomic E-state index is 5.42. The van der Waals surface area contributed by atoms with Gasteiger partial charge in [0.1, 0.15) is 11.6 Å². The van der Waals surface area contributed by atoms with E-state index in [-0.39, 0.29) is 5.41 Å². The molecule has 0 saturated heterocycles. The minimum Gasteiger partial charge on any atom is -0.294 e. The fourth-order valence-electron chi connectivity index (χ4n) is 8.92. The normalized spacial score (nSPS) is 13.4. The molecular formula is C51H36N4. The topological polar surface area (TPSA) is 34.0 Å². The van der Waals surface area contributed by atoms with Gasteiger partial charge in [-0.05, 0) is 81.9 Å². The van der Waals surface area contributed by atoms with E-state index in [1.807, 2.05) is 0 Å². The van der Waals surface area contributed by atoms with Gasteiger partial charge in [-0.3, -0.25) is 9.47 Å². The van der Waals surface area contributed by atoms with Crippen molar-refractivity contribution in [3.8, 4) is 28.1 Å². The third kappa shape index (κ3) is 4.78. The molecule has 4 heterocycles. The van der Waals surface area contributed by atoms with Crippen molar-refractivity contribution in [2.45, 2.75) is 19.3 Å². The van der Waals surface area contributed by atoms with Crippen LogP contribution in [0, 0.1) is 0 Å². The van der Waals surface area contributed by atoms with Crippen molar-refractivity contribution in [3.63, 3.8) is 0 Å². The molecule has 0 atom stereocenters. The molecule has 0 N–H and O–H groups in total. The van der Waals surface area contributed by atoms with Crippen LogP contribution in [0.5, 0.6) is 0 Å². The highest BCUT2D eigenvalue weighted by atomic mass is 15.2. The van der Waals surface area contributed by atoms with Gasteiger partial charge in [-0.2, -0.15) is 0 Å². The fraction of sp³-hybridized carbons (Fsp3) is 0.0588. The van der Waals surface area contributed by atoms with E-state index in [4.69, 9.17) is 9.97 Å². The molecule has 0 aliphatic carbocycles. The van der Waals surface area contributed by atoms with Gasteiger partial charge in [0.25, 0.3) is 0 Å². The smallest absolute Gasteiger partial charge is 0.138 e. The van der Waals surface area contributed by atoms with Crippen molar-refractivity contribution in [2.75, 3.05) is 4.90 Å². The Morgan fingerprint density at radius 3 is 1.60 bits per heavy atom. The standard InChI is InChI=1S/C51H36N4/c1-51(2)41-24-12-16-28-46(41)55(50-31-39(34-19-7-4-8-20-34)36-22-10-14-26-44(36)53-50)48-32-47-40(29-42(48)51)37-23-11-15-27-45(37)54(47)49-30-38(33-17-5-3-6-18-33)35-21-9-13-25-43(35)52-49/h3-32H,1-2H3. The predicted octanol–water partition coefficient (Wildman–Crippen LogP) is 13.3. The Bertz CT molecular complexity index is 3120. The van der Waals surface area contributed by atoms with Crippen LogP contribution in [-0.2, 0) is 5.41 Å². The third-order valence-corrected chi connectivity index (χ3v) is 11.6.